The quantitative estimate of drug-likeness (QED) is 0.603. The van der Waals surface area contributed by atoms with Crippen molar-refractivity contribution >= 4 is 0 Å². The molecule has 0 saturated carbocycles. The summed E-state index contributed by atoms with van der Waals surface area (Å²) in [5, 5.41) is 0. The highest BCUT2D eigenvalue weighted by atomic mass is 19.2. The molecule has 0 spiro atoms. The van der Waals surface area contributed by atoms with Crippen LogP contribution in [-0.2, 0) is 0 Å². The monoisotopic (exact) mass is 194 g/mol. The lowest BCUT2D eigenvalue weighted by Crippen LogP contribution is -2.17. The summed E-state index contributed by atoms with van der Waals surface area (Å²) >= 11 is 0. The molecular weight excluding hydrogens is 182 g/mol. The second-order valence-corrected chi connectivity index (χ2v) is 3.40. The number of halogens is 2. The summed E-state index contributed by atoms with van der Waals surface area (Å²) in [6.45, 7) is 1.94. The number of alkyl halides is 2. The first-order chi connectivity index (χ1) is 6.55. The minimum absolute atomic E-state index is 0.741. The zero-order valence-corrected chi connectivity index (χ0v) is 8.27. The van der Waals surface area contributed by atoms with Crippen molar-refractivity contribution in [2.45, 2.75) is 19.5 Å². The lowest BCUT2D eigenvalue weighted by atomic mass is 10.1. The Balaban J connectivity index is 2.94. The van der Waals surface area contributed by atoms with E-state index in [9.17, 15) is 8.78 Å². The number of rotatable bonds is 1. The number of benzene rings is 1. The molecule has 0 N–H and O–H groups in total. The van der Waals surface area contributed by atoms with E-state index in [2.05, 4.69) is 11.8 Å². The van der Waals surface area contributed by atoms with Crippen LogP contribution in [-0.4, -0.2) is 12.3 Å². The van der Waals surface area contributed by atoms with Crippen molar-refractivity contribution in [3.63, 3.8) is 0 Å². The first-order valence-electron chi connectivity index (χ1n) is 4.39. The number of hydrogen-bond acceptors (Lipinski definition) is 0. The molecule has 74 valence electrons. The van der Waals surface area contributed by atoms with Crippen LogP contribution in [0.4, 0.5) is 8.78 Å². The first kappa shape index (κ1) is 10.7. The predicted molar refractivity (Wildman–Crippen MR) is 53.5 cm³/mol. The van der Waals surface area contributed by atoms with E-state index in [-0.39, 0.29) is 0 Å². The van der Waals surface area contributed by atoms with E-state index < -0.39 is 12.3 Å². The summed E-state index contributed by atoms with van der Waals surface area (Å²) in [7, 11) is 0. The molecule has 0 heterocycles. The highest BCUT2D eigenvalue weighted by molar-refractivity contribution is 5.41. The van der Waals surface area contributed by atoms with Crippen LogP contribution in [0.15, 0.2) is 24.3 Å². The number of aryl methyl sites for hydroxylation is 1. The van der Waals surface area contributed by atoms with Crippen molar-refractivity contribution in [3.05, 3.63) is 35.4 Å². The van der Waals surface area contributed by atoms with Crippen molar-refractivity contribution in [3.8, 4) is 11.8 Å². The molecule has 1 rings (SSSR count). The molecule has 14 heavy (non-hydrogen) atoms. The third-order valence-electron chi connectivity index (χ3n) is 1.85. The summed E-state index contributed by atoms with van der Waals surface area (Å²) in [6.07, 6.45) is 0. The molecule has 0 radical (unpaired) electrons. The van der Waals surface area contributed by atoms with Crippen LogP contribution >= 0.6 is 0 Å². The molecule has 0 aliphatic carbocycles. The van der Waals surface area contributed by atoms with Gasteiger partial charge in [-0.25, -0.2) is 8.78 Å². The van der Waals surface area contributed by atoms with E-state index >= 15 is 0 Å². The standard InChI is InChI=1S/C12H12F2/c1-10-5-3-4-6-11(10)7-8-12(2,14)9-13/h3-6H,9H2,1-2H3. The van der Waals surface area contributed by atoms with E-state index in [1.165, 1.54) is 0 Å². The average molecular weight is 194 g/mol. The smallest absolute Gasteiger partial charge is 0.196 e. The molecule has 2 heteroatoms. The molecule has 1 aromatic carbocycles. The van der Waals surface area contributed by atoms with E-state index in [0.29, 0.717) is 0 Å². The Kier molecular flexibility index (Phi) is 3.24. The van der Waals surface area contributed by atoms with Crippen LogP contribution in [0.2, 0.25) is 0 Å². The van der Waals surface area contributed by atoms with Crippen molar-refractivity contribution in [1.29, 1.82) is 0 Å². The zero-order valence-electron chi connectivity index (χ0n) is 8.27. The van der Waals surface area contributed by atoms with Crippen LogP contribution in [0.25, 0.3) is 0 Å². The van der Waals surface area contributed by atoms with Gasteiger partial charge in [-0.3, -0.25) is 0 Å². The first-order valence-corrected chi connectivity index (χ1v) is 4.39. The van der Waals surface area contributed by atoms with Crippen LogP contribution in [0.5, 0.6) is 0 Å². The van der Waals surface area contributed by atoms with Crippen molar-refractivity contribution in [2.75, 3.05) is 6.67 Å². The van der Waals surface area contributed by atoms with Gasteiger partial charge in [0.15, 0.2) is 5.67 Å². The molecule has 0 aliphatic rings. The molecule has 0 nitrogen and oxygen atoms in total. The van der Waals surface area contributed by atoms with E-state index in [1.54, 1.807) is 6.07 Å². The second-order valence-electron chi connectivity index (χ2n) is 3.40. The Bertz CT molecular complexity index is 369. The maximum Gasteiger partial charge on any atom is 0.196 e. The van der Waals surface area contributed by atoms with Gasteiger partial charge in [0.05, 0.1) is 0 Å². The van der Waals surface area contributed by atoms with E-state index in [0.717, 1.165) is 18.1 Å². The van der Waals surface area contributed by atoms with Gasteiger partial charge in [-0.1, -0.05) is 30.0 Å². The van der Waals surface area contributed by atoms with Crippen LogP contribution in [0.1, 0.15) is 18.1 Å². The highest BCUT2D eigenvalue weighted by Crippen LogP contribution is 2.10. The van der Waals surface area contributed by atoms with Crippen LogP contribution in [0, 0.1) is 18.8 Å². The minimum Gasteiger partial charge on any atom is -0.246 e. The number of hydrogen-bond donors (Lipinski definition) is 0. The highest BCUT2D eigenvalue weighted by Gasteiger charge is 2.18. The summed E-state index contributed by atoms with van der Waals surface area (Å²) in [5.41, 5.74) is -0.332. The van der Waals surface area contributed by atoms with Gasteiger partial charge >= 0.3 is 0 Å². The van der Waals surface area contributed by atoms with Gasteiger partial charge in [0.1, 0.15) is 6.67 Å². The molecule has 1 atom stereocenters. The lowest BCUT2D eigenvalue weighted by molar-refractivity contribution is 0.209. The summed E-state index contributed by atoms with van der Waals surface area (Å²) in [5.74, 6) is 4.91. The third kappa shape index (κ3) is 2.85. The molecular formula is C12H12F2. The molecule has 0 saturated heterocycles. The molecule has 0 aliphatic heterocycles. The Labute approximate surface area is 83.0 Å². The second kappa shape index (κ2) is 4.23. The topological polar surface area (TPSA) is 0 Å². The van der Waals surface area contributed by atoms with Gasteiger partial charge in [0, 0.05) is 5.56 Å². The van der Waals surface area contributed by atoms with E-state index in [1.807, 2.05) is 25.1 Å². The van der Waals surface area contributed by atoms with E-state index in [4.69, 9.17) is 0 Å². The van der Waals surface area contributed by atoms with Gasteiger partial charge in [-0.15, -0.1) is 0 Å². The van der Waals surface area contributed by atoms with Crippen LogP contribution < -0.4 is 0 Å². The maximum absolute atomic E-state index is 13.1. The lowest BCUT2D eigenvalue weighted by Gasteiger charge is -2.05. The third-order valence-corrected chi connectivity index (χ3v) is 1.85. The Morgan fingerprint density at radius 3 is 2.57 bits per heavy atom. The van der Waals surface area contributed by atoms with Gasteiger partial charge in [0.25, 0.3) is 0 Å². The predicted octanol–water partition coefficient (Wildman–Crippen LogP) is 3.04. The SMILES string of the molecule is Cc1ccccc1C#CC(C)(F)CF. The molecule has 0 bridgehead atoms. The fraction of sp³-hybridized carbons (Fsp3) is 0.333. The Morgan fingerprint density at radius 2 is 2.00 bits per heavy atom. The fourth-order valence-electron chi connectivity index (χ4n) is 0.944. The fourth-order valence-corrected chi connectivity index (χ4v) is 0.944. The molecule has 0 aromatic heterocycles. The molecule has 1 unspecified atom stereocenters. The average Bonchev–Trinajstić information content (AvgIpc) is 2.17. The normalized spacial score (nSPS) is 14.0. The van der Waals surface area contributed by atoms with Gasteiger partial charge in [-0.05, 0) is 25.5 Å². The molecule has 1 aromatic rings. The summed E-state index contributed by atoms with van der Waals surface area (Å²) < 4.78 is 25.2. The summed E-state index contributed by atoms with van der Waals surface area (Å²) in [4.78, 5) is 0. The van der Waals surface area contributed by atoms with Crippen molar-refractivity contribution < 1.29 is 8.78 Å². The van der Waals surface area contributed by atoms with Crippen molar-refractivity contribution in [1.82, 2.24) is 0 Å². The molecule has 0 amide bonds. The van der Waals surface area contributed by atoms with Gasteiger partial charge in [0.2, 0.25) is 0 Å². The maximum atomic E-state index is 13.1. The summed E-state index contributed by atoms with van der Waals surface area (Å²) in [6, 6.07) is 7.37. The zero-order chi connectivity index (χ0) is 10.6. The Hall–Kier alpha value is -1.36. The van der Waals surface area contributed by atoms with Gasteiger partial charge < -0.3 is 0 Å². The van der Waals surface area contributed by atoms with Crippen LogP contribution in [0.3, 0.4) is 0 Å². The molecule has 0 fully saturated rings. The van der Waals surface area contributed by atoms with Crippen molar-refractivity contribution in [2.24, 2.45) is 0 Å². The van der Waals surface area contributed by atoms with Gasteiger partial charge in [-0.2, -0.15) is 0 Å². The minimum atomic E-state index is -2.04. The largest absolute Gasteiger partial charge is 0.246 e. The Morgan fingerprint density at radius 1 is 1.36 bits per heavy atom.